The van der Waals surface area contributed by atoms with Crippen LogP contribution in [0.1, 0.15) is 12.8 Å². The van der Waals surface area contributed by atoms with Gasteiger partial charge in [0.25, 0.3) is 0 Å². The van der Waals surface area contributed by atoms with Crippen molar-refractivity contribution in [3.05, 3.63) is 73.3 Å². The second kappa shape index (κ2) is 8.93. The van der Waals surface area contributed by atoms with Gasteiger partial charge in [0, 0.05) is 37.1 Å². The van der Waals surface area contributed by atoms with Gasteiger partial charge in [-0.05, 0) is 31.0 Å². The Morgan fingerprint density at radius 1 is 1.00 bits per heavy atom. The number of piperidine rings is 1. The molecule has 4 aromatic rings. The number of hydrogen-bond acceptors (Lipinski definition) is 7. The van der Waals surface area contributed by atoms with E-state index in [2.05, 4.69) is 35.5 Å². The van der Waals surface area contributed by atoms with E-state index in [0.29, 0.717) is 18.2 Å². The topological polar surface area (TPSA) is 102 Å². The Bertz CT molecular complexity index is 1180. The van der Waals surface area contributed by atoms with Gasteiger partial charge in [-0.1, -0.05) is 30.3 Å². The standard InChI is InChI=1S/C23H22N8O/c32-23(27-20-14-22(25-16-24-20)31-13-5-11-26-31)18-8-4-12-30(15-18)21-10-9-19(28-29-21)17-6-2-1-3-7-17/h1-3,5-7,9-11,13-14,16,18H,4,8,12,15H2,(H,24,25,27,32). The molecule has 1 unspecified atom stereocenters. The number of nitrogens with one attached hydrogen (secondary N) is 1. The molecule has 0 radical (unpaired) electrons. The van der Waals surface area contributed by atoms with Gasteiger partial charge >= 0.3 is 0 Å². The van der Waals surface area contributed by atoms with Gasteiger partial charge in [0.05, 0.1) is 11.6 Å². The molecule has 1 aliphatic heterocycles. The van der Waals surface area contributed by atoms with Crippen LogP contribution in [0.4, 0.5) is 11.6 Å². The molecule has 3 aromatic heterocycles. The highest BCUT2D eigenvalue weighted by Gasteiger charge is 2.27. The van der Waals surface area contributed by atoms with Crippen LogP contribution in [0, 0.1) is 5.92 Å². The van der Waals surface area contributed by atoms with Crippen molar-refractivity contribution < 1.29 is 4.79 Å². The normalized spacial score (nSPS) is 16.0. The molecule has 0 aliphatic carbocycles. The van der Waals surface area contributed by atoms with Crippen LogP contribution < -0.4 is 10.2 Å². The van der Waals surface area contributed by atoms with Crippen LogP contribution in [0.15, 0.2) is 73.3 Å². The lowest BCUT2D eigenvalue weighted by molar-refractivity contribution is -0.120. The lowest BCUT2D eigenvalue weighted by Crippen LogP contribution is -2.41. The second-order valence-corrected chi connectivity index (χ2v) is 7.63. The smallest absolute Gasteiger partial charge is 0.230 e. The highest BCUT2D eigenvalue weighted by atomic mass is 16.2. The summed E-state index contributed by atoms with van der Waals surface area (Å²) < 4.78 is 1.62. The van der Waals surface area contributed by atoms with Crippen LogP contribution in [0.3, 0.4) is 0 Å². The van der Waals surface area contributed by atoms with Gasteiger partial charge in [0.15, 0.2) is 11.6 Å². The van der Waals surface area contributed by atoms with Gasteiger partial charge in [-0.15, -0.1) is 10.2 Å². The molecule has 0 saturated carbocycles. The van der Waals surface area contributed by atoms with Crippen molar-refractivity contribution in [3.63, 3.8) is 0 Å². The minimum absolute atomic E-state index is 0.0614. The third kappa shape index (κ3) is 4.31. The molecule has 0 bridgehead atoms. The predicted octanol–water partition coefficient (Wildman–Crippen LogP) is 2.97. The molecule has 1 aromatic carbocycles. The largest absolute Gasteiger partial charge is 0.354 e. The van der Waals surface area contributed by atoms with E-state index in [1.807, 2.05) is 48.5 Å². The minimum Gasteiger partial charge on any atom is -0.354 e. The Morgan fingerprint density at radius 2 is 1.91 bits per heavy atom. The van der Waals surface area contributed by atoms with Crippen molar-refractivity contribution in [2.45, 2.75) is 12.8 Å². The lowest BCUT2D eigenvalue weighted by atomic mass is 9.97. The molecule has 1 saturated heterocycles. The molecule has 1 amide bonds. The van der Waals surface area contributed by atoms with Crippen molar-refractivity contribution in [1.29, 1.82) is 0 Å². The predicted molar refractivity (Wildman–Crippen MR) is 120 cm³/mol. The van der Waals surface area contributed by atoms with Gasteiger partial charge in [0.1, 0.15) is 12.1 Å². The third-order valence-corrected chi connectivity index (χ3v) is 5.48. The fourth-order valence-electron chi connectivity index (χ4n) is 3.83. The van der Waals surface area contributed by atoms with Crippen molar-refractivity contribution in [2.75, 3.05) is 23.3 Å². The fraction of sp³-hybridized carbons (Fsp3) is 0.217. The Hall–Kier alpha value is -4.14. The molecular weight excluding hydrogens is 404 g/mol. The number of amides is 1. The summed E-state index contributed by atoms with van der Waals surface area (Å²) in [6.45, 7) is 1.43. The zero-order valence-corrected chi connectivity index (χ0v) is 17.4. The number of rotatable bonds is 5. The maximum Gasteiger partial charge on any atom is 0.230 e. The number of nitrogens with zero attached hydrogens (tertiary/aromatic N) is 7. The molecule has 1 atom stereocenters. The summed E-state index contributed by atoms with van der Waals surface area (Å²) in [5.74, 6) is 1.61. The van der Waals surface area contributed by atoms with Crippen LogP contribution >= 0.6 is 0 Å². The molecule has 1 N–H and O–H groups in total. The summed E-state index contributed by atoms with van der Waals surface area (Å²) in [5.41, 5.74) is 1.86. The number of benzene rings is 1. The Morgan fingerprint density at radius 3 is 2.69 bits per heavy atom. The summed E-state index contributed by atoms with van der Waals surface area (Å²) >= 11 is 0. The quantitative estimate of drug-likeness (QED) is 0.523. The Labute approximate surface area is 185 Å². The number of carbonyl (C=O) groups excluding carboxylic acids is 1. The highest BCUT2D eigenvalue weighted by molar-refractivity contribution is 5.92. The van der Waals surface area contributed by atoms with E-state index in [-0.39, 0.29) is 11.8 Å². The van der Waals surface area contributed by atoms with E-state index in [4.69, 9.17) is 0 Å². The van der Waals surface area contributed by atoms with Crippen molar-refractivity contribution >= 4 is 17.5 Å². The van der Waals surface area contributed by atoms with E-state index in [1.54, 1.807) is 23.1 Å². The first kappa shape index (κ1) is 19.8. The first-order valence-corrected chi connectivity index (χ1v) is 10.5. The zero-order chi connectivity index (χ0) is 21.8. The summed E-state index contributed by atoms with van der Waals surface area (Å²) in [4.78, 5) is 23.4. The minimum atomic E-state index is -0.164. The van der Waals surface area contributed by atoms with Crippen LogP contribution in [0.5, 0.6) is 0 Å². The SMILES string of the molecule is O=C(Nc1cc(-n2cccn2)ncn1)C1CCCN(c2ccc(-c3ccccc3)nn2)C1. The van der Waals surface area contributed by atoms with Crippen LogP contribution in [-0.2, 0) is 4.79 Å². The number of aromatic nitrogens is 6. The van der Waals surface area contributed by atoms with Crippen LogP contribution in [0.25, 0.3) is 17.1 Å². The first-order valence-electron chi connectivity index (χ1n) is 10.5. The number of carbonyl (C=O) groups is 1. The van der Waals surface area contributed by atoms with Crippen LogP contribution in [0.2, 0.25) is 0 Å². The second-order valence-electron chi connectivity index (χ2n) is 7.63. The fourth-order valence-corrected chi connectivity index (χ4v) is 3.83. The molecule has 5 rings (SSSR count). The van der Waals surface area contributed by atoms with Gasteiger partial charge in [0.2, 0.25) is 5.91 Å². The molecule has 9 nitrogen and oxygen atoms in total. The van der Waals surface area contributed by atoms with E-state index in [1.165, 1.54) is 6.33 Å². The van der Waals surface area contributed by atoms with Crippen LogP contribution in [-0.4, -0.2) is 48.9 Å². The van der Waals surface area contributed by atoms with Crippen molar-refractivity contribution in [2.24, 2.45) is 5.92 Å². The van der Waals surface area contributed by atoms with Gasteiger partial charge in [-0.2, -0.15) is 5.10 Å². The average molecular weight is 426 g/mol. The van der Waals surface area contributed by atoms with E-state index in [0.717, 1.165) is 36.5 Å². The summed E-state index contributed by atoms with van der Waals surface area (Å²) in [6.07, 6.45) is 6.60. The lowest BCUT2D eigenvalue weighted by Gasteiger charge is -2.32. The number of anilines is 2. The highest BCUT2D eigenvalue weighted by Crippen LogP contribution is 2.24. The van der Waals surface area contributed by atoms with E-state index in [9.17, 15) is 4.79 Å². The average Bonchev–Trinajstić information content (AvgIpc) is 3.40. The van der Waals surface area contributed by atoms with Crippen molar-refractivity contribution in [1.82, 2.24) is 29.9 Å². The third-order valence-electron chi connectivity index (χ3n) is 5.48. The molecule has 32 heavy (non-hydrogen) atoms. The summed E-state index contributed by atoms with van der Waals surface area (Å²) in [5, 5.41) is 15.9. The molecular formula is C23H22N8O. The molecule has 9 heteroatoms. The van der Waals surface area contributed by atoms with Gasteiger partial charge in [-0.3, -0.25) is 4.79 Å². The Kier molecular flexibility index (Phi) is 5.52. The zero-order valence-electron chi connectivity index (χ0n) is 17.4. The molecule has 160 valence electrons. The number of hydrogen-bond donors (Lipinski definition) is 1. The van der Waals surface area contributed by atoms with Crippen molar-refractivity contribution in [3.8, 4) is 17.1 Å². The molecule has 1 aliphatic rings. The molecule has 1 fully saturated rings. The monoisotopic (exact) mass is 426 g/mol. The summed E-state index contributed by atoms with van der Waals surface area (Å²) in [6, 6.07) is 17.4. The van der Waals surface area contributed by atoms with Gasteiger partial charge in [-0.25, -0.2) is 14.6 Å². The van der Waals surface area contributed by atoms with Gasteiger partial charge < -0.3 is 10.2 Å². The first-order chi connectivity index (χ1) is 15.8. The Balaban J connectivity index is 1.25. The maximum absolute atomic E-state index is 12.9. The maximum atomic E-state index is 12.9. The molecule has 0 spiro atoms. The molecule has 4 heterocycles. The van der Waals surface area contributed by atoms with E-state index >= 15 is 0 Å². The summed E-state index contributed by atoms with van der Waals surface area (Å²) in [7, 11) is 0. The van der Waals surface area contributed by atoms with E-state index < -0.39 is 0 Å².